The van der Waals surface area contributed by atoms with Crippen LogP contribution >= 0.6 is 0 Å². The lowest BCUT2D eigenvalue weighted by atomic mass is 10.1. The first kappa shape index (κ1) is 18.8. The quantitative estimate of drug-likeness (QED) is 0.670. The lowest BCUT2D eigenvalue weighted by molar-refractivity contribution is -0.0497. The van der Waals surface area contributed by atoms with Crippen molar-refractivity contribution in [2.75, 3.05) is 36.0 Å². The van der Waals surface area contributed by atoms with Crippen molar-refractivity contribution in [3.05, 3.63) is 48.3 Å². The molecular weight excluding hydrogens is 378 g/mol. The van der Waals surface area contributed by atoms with E-state index in [1.54, 1.807) is 12.3 Å². The molecule has 1 aliphatic heterocycles. The van der Waals surface area contributed by atoms with E-state index in [0.29, 0.717) is 41.8 Å². The Morgan fingerprint density at radius 1 is 1.10 bits per heavy atom. The maximum absolute atomic E-state index is 12.7. The molecule has 7 nitrogen and oxygen atoms in total. The monoisotopic (exact) mass is 396 g/mol. The van der Waals surface area contributed by atoms with Crippen molar-refractivity contribution in [1.82, 2.24) is 15.2 Å². The minimum atomic E-state index is -2.92. The smallest absolute Gasteiger partial charge is 0.387 e. The van der Waals surface area contributed by atoms with Crippen molar-refractivity contribution in [1.29, 1.82) is 5.26 Å². The number of hydrogen-bond donors (Lipinski definition) is 0. The highest BCUT2D eigenvalue weighted by Crippen LogP contribution is 2.33. The van der Waals surface area contributed by atoms with Crippen molar-refractivity contribution in [3.8, 4) is 11.8 Å². The Kier molecular flexibility index (Phi) is 5.33. The molecule has 1 aromatic carbocycles. The summed E-state index contributed by atoms with van der Waals surface area (Å²) in [6, 6.07) is 10.5. The third kappa shape index (κ3) is 4.01. The van der Waals surface area contributed by atoms with Gasteiger partial charge in [0.1, 0.15) is 11.8 Å². The van der Waals surface area contributed by atoms with E-state index in [9.17, 15) is 14.0 Å². The zero-order chi connectivity index (χ0) is 20.2. The van der Waals surface area contributed by atoms with E-state index < -0.39 is 6.61 Å². The number of alkyl halides is 2. The summed E-state index contributed by atoms with van der Waals surface area (Å²) in [5.41, 5.74) is 1.72. The van der Waals surface area contributed by atoms with Gasteiger partial charge in [0, 0.05) is 44.0 Å². The average molecular weight is 396 g/mol. The van der Waals surface area contributed by atoms with Gasteiger partial charge in [-0.15, -0.1) is 5.10 Å². The Bertz CT molecular complexity index is 1040. The first-order chi connectivity index (χ1) is 14.2. The Morgan fingerprint density at radius 3 is 2.69 bits per heavy atom. The van der Waals surface area contributed by atoms with Gasteiger partial charge >= 0.3 is 6.61 Å². The molecule has 1 fully saturated rings. The van der Waals surface area contributed by atoms with Crippen LogP contribution in [0.15, 0.2) is 42.7 Å². The van der Waals surface area contributed by atoms with E-state index in [1.807, 2.05) is 12.1 Å². The van der Waals surface area contributed by atoms with Gasteiger partial charge in [-0.1, -0.05) is 0 Å². The highest BCUT2D eigenvalue weighted by atomic mass is 19.3. The van der Waals surface area contributed by atoms with Gasteiger partial charge in [0.25, 0.3) is 0 Å². The molecule has 2 aromatic heterocycles. The Labute approximate surface area is 166 Å². The predicted octanol–water partition coefficient (Wildman–Crippen LogP) is 3.21. The molecule has 0 amide bonds. The maximum atomic E-state index is 12.7. The van der Waals surface area contributed by atoms with Crippen molar-refractivity contribution >= 4 is 22.4 Å². The SMILES string of the molecule is N#Cc1cnc2ccc(OC(F)F)cc2c1N1CCCN(c2cccnn2)CC1. The second-order valence-corrected chi connectivity index (χ2v) is 6.60. The predicted molar refractivity (Wildman–Crippen MR) is 104 cm³/mol. The molecule has 9 heteroatoms. The standard InChI is InChI=1S/C20H18F2N6O/c21-20(22)29-15-4-5-17-16(11-15)19(14(12-23)13-24-17)28-8-2-7-27(9-10-28)18-3-1-6-25-26-18/h1,3-6,11,13,20H,2,7-10H2. The summed E-state index contributed by atoms with van der Waals surface area (Å²) in [5.74, 6) is 0.851. The van der Waals surface area contributed by atoms with E-state index in [2.05, 4.69) is 35.8 Å². The summed E-state index contributed by atoms with van der Waals surface area (Å²) in [6.45, 7) is -0.0587. The Balaban J connectivity index is 1.69. The van der Waals surface area contributed by atoms with Gasteiger partial charge in [0.15, 0.2) is 5.82 Å². The molecule has 3 heterocycles. The summed E-state index contributed by atoms with van der Waals surface area (Å²) >= 11 is 0. The van der Waals surface area contributed by atoms with Gasteiger partial charge in [-0.3, -0.25) is 4.98 Å². The highest BCUT2D eigenvalue weighted by Gasteiger charge is 2.21. The topological polar surface area (TPSA) is 78.2 Å². The fourth-order valence-corrected chi connectivity index (χ4v) is 3.59. The van der Waals surface area contributed by atoms with Gasteiger partial charge in [0.2, 0.25) is 0 Å². The number of rotatable bonds is 4. The molecule has 0 unspecified atom stereocenters. The number of pyridine rings is 1. The number of anilines is 2. The molecule has 0 spiro atoms. The summed E-state index contributed by atoms with van der Waals surface area (Å²) in [4.78, 5) is 8.54. The second-order valence-electron chi connectivity index (χ2n) is 6.60. The van der Waals surface area contributed by atoms with Crippen LogP contribution in [0, 0.1) is 11.3 Å². The molecule has 0 radical (unpaired) electrons. The molecule has 0 bridgehead atoms. The Morgan fingerprint density at radius 2 is 1.93 bits per heavy atom. The number of ether oxygens (including phenoxy) is 1. The molecule has 4 rings (SSSR count). The van der Waals surface area contributed by atoms with Crippen molar-refractivity contribution < 1.29 is 13.5 Å². The Hall–Kier alpha value is -3.54. The molecule has 1 aliphatic rings. The molecule has 0 atom stereocenters. The number of fused-ring (bicyclic) bond motifs is 1. The third-order valence-corrected chi connectivity index (χ3v) is 4.85. The minimum Gasteiger partial charge on any atom is -0.435 e. The maximum Gasteiger partial charge on any atom is 0.387 e. The van der Waals surface area contributed by atoms with Crippen molar-refractivity contribution in [2.45, 2.75) is 13.0 Å². The van der Waals surface area contributed by atoms with Crippen LogP contribution in [0.1, 0.15) is 12.0 Å². The summed E-state index contributed by atoms with van der Waals surface area (Å²) in [5, 5.41) is 18.4. The number of nitriles is 1. The largest absolute Gasteiger partial charge is 0.435 e. The molecule has 0 saturated carbocycles. The second kappa shape index (κ2) is 8.22. The summed E-state index contributed by atoms with van der Waals surface area (Å²) in [6.07, 6.45) is 4.00. The van der Waals surface area contributed by atoms with Gasteiger partial charge < -0.3 is 14.5 Å². The van der Waals surface area contributed by atoms with E-state index >= 15 is 0 Å². The molecule has 148 valence electrons. The van der Waals surface area contributed by atoms with Gasteiger partial charge in [-0.2, -0.15) is 19.1 Å². The van der Waals surface area contributed by atoms with Gasteiger partial charge in [-0.05, 0) is 36.8 Å². The average Bonchev–Trinajstić information content (AvgIpc) is 2.99. The van der Waals surface area contributed by atoms with Crippen LogP contribution in [-0.4, -0.2) is 48.0 Å². The zero-order valence-electron chi connectivity index (χ0n) is 15.5. The fourth-order valence-electron chi connectivity index (χ4n) is 3.59. The lowest BCUT2D eigenvalue weighted by Gasteiger charge is -2.26. The van der Waals surface area contributed by atoms with E-state index in [0.717, 1.165) is 18.8 Å². The van der Waals surface area contributed by atoms with E-state index in [1.165, 1.54) is 18.3 Å². The van der Waals surface area contributed by atoms with Crippen LogP contribution < -0.4 is 14.5 Å². The number of halogens is 2. The van der Waals surface area contributed by atoms with Crippen LogP contribution in [0.2, 0.25) is 0 Å². The third-order valence-electron chi connectivity index (χ3n) is 4.85. The van der Waals surface area contributed by atoms with Crippen LogP contribution in [0.3, 0.4) is 0 Å². The van der Waals surface area contributed by atoms with Gasteiger partial charge in [-0.25, -0.2) is 0 Å². The first-order valence-corrected chi connectivity index (χ1v) is 9.21. The molecule has 3 aromatic rings. The van der Waals surface area contributed by atoms with E-state index in [-0.39, 0.29) is 5.75 Å². The minimum absolute atomic E-state index is 0.0432. The number of aromatic nitrogens is 3. The van der Waals surface area contributed by atoms with Gasteiger partial charge in [0.05, 0.1) is 16.8 Å². The first-order valence-electron chi connectivity index (χ1n) is 9.21. The molecular formula is C20H18F2N6O. The molecule has 0 N–H and O–H groups in total. The van der Waals surface area contributed by atoms with Crippen LogP contribution in [0.25, 0.3) is 10.9 Å². The fraction of sp³-hybridized carbons (Fsp3) is 0.300. The zero-order valence-corrected chi connectivity index (χ0v) is 15.5. The highest BCUT2D eigenvalue weighted by molar-refractivity contribution is 5.95. The van der Waals surface area contributed by atoms with Crippen molar-refractivity contribution in [2.24, 2.45) is 0 Å². The van der Waals surface area contributed by atoms with Crippen LogP contribution in [0.5, 0.6) is 5.75 Å². The lowest BCUT2D eigenvalue weighted by Crippen LogP contribution is -2.31. The van der Waals surface area contributed by atoms with Crippen molar-refractivity contribution in [3.63, 3.8) is 0 Å². The molecule has 1 saturated heterocycles. The van der Waals surface area contributed by atoms with E-state index in [4.69, 9.17) is 0 Å². The normalized spacial score (nSPS) is 14.7. The number of hydrogen-bond acceptors (Lipinski definition) is 7. The number of nitrogens with zero attached hydrogens (tertiary/aromatic N) is 6. The van der Waals surface area contributed by atoms with Crippen LogP contribution in [0.4, 0.5) is 20.3 Å². The summed E-state index contributed by atoms with van der Waals surface area (Å²) < 4.78 is 29.9. The number of benzene rings is 1. The molecule has 0 aliphatic carbocycles. The summed E-state index contributed by atoms with van der Waals surface area (Å²) in [7, 11) is 0. The molecule has 29 heavy (non-hydrogen) atoms. The van der Waals surface area contributed by atoms with Crippen LogP contribution in [-0.2, 0) is 0 Å².